The van der Waals surface area contributed by atoms with Gasteiger partial charge in [-0.2, -0.15) is 5.26 Å². The van der Waals surface area contributed by atoms with Crippen molar-refractivity contribution >= 4 is 0 Å². The van der Waals surface area contributed by atoms with E-state index in [2.05, 4.69) is 0 Å². The quantitative estimate of drug-likeness (QED) is 0.857. The van der Waals surface area contributed by atoms with E-state index in [9.17, 15) is 13.9 Å². The molecule has 17 heavy (non-hydrogen) atoms. The molecular formula is C12H11F2NO2. The Bertz CT molecular complexity index is 464. The van der Waals surface area contributed by atoms with Crippen molar-refractivity contribution in [1.29, 1.82) is 5.26 Å². The molecule has 1 aromatic rings. The first-order chi connectivity index (χ1) is 8.10. The summed E-state index contributed by atoms with van der Waals surface area (Å²) >= 11 is 0. The molecule has 0 aromatic heterocycles. The summed E-state index contributed by atoms with van der Waals surface area (Å²) < 4.78 is 31.6. The highest BCUT2D eigenvalue weighted by molar-refractivity contribution is 5.26. The second-order valence-corrected chi connectivity index (χ2v) is 4.12. The topological polar surface area (TPSA) is 53.2 Å². The van der Waals surface area contributed by atoms with E-state index in [1.54, 1.807) is 0 Å². The van der Waals surface area contributed by atoms with Gasteiger partial charge in [-0.3, -0.25) is 0 Å². The fourth-order valence-electron chi connectivity index (χ4n) is 1.98. The van der Waals surface area contributed by atoms with Crippen LogP contribution in [0, 0.1) is 28.4 Å². The van der Waals surface area contributed by atoms with Gasteiger partial charge in [-0.05, 0) is 12.5 Å². The van der Waals surface area contributed by atoms with Crippen LogP contribution in [0.2, 0.25) is 0 Å². The highest BCUT2D eigenvalue weighted by Gasteiger charge is 2.44. The summed E-state index contributed by atoms with van der Waals surface area (Å²) in [5, 5.41) is 19.2. The summed E-state index contributed by atoms with van der Waals surface area (Å²) in [6.45, 7) is 0.363. The highest BCUT2D eigenvalue weighted by atomic mass is 19.2. The first kappa shape index (κ1) is 12.0. The summed E-state index contributed by atoms with van der Waals surface area (Å²) in [4.78, 5) is 0. The van der Waals surface area contributed by atoms with Gasteiger partial charge in [0.15, 0.2) is 11.6 Å². The smallest absolute Gasteiger partial charge is 0.164 e. The minimum absolute atomic E-state index is 0.0284. The molecule has 1 N–H and O–H groups in total. The molecule has 2 unspecified atom stereocenters. The van der Waals surface area contributed by atoms with Crippen molar-refractivity contribution in [3.8, 4) is 6.07 Å². The van der Waals surface area contributed by atoms with Gasteiger partial charge in [0, 0.05) is 12.2 Å². The number of rotatable bonds is 2. The normalized spacial score (nSPS) is 25.5. The van der Waals surface area contributed by atoms with E-state index in [1.807, 2.05) is 6.07 Å². The van der Waals surface area contributed by atoms with Crippen molar-refractivity contribution in [3.63, 3.8) is 0 Å². The molecule has 90 valence electrons. The number of hydrogen-bond acceptors (Lipinski definition) is 3. The zero-order valence-corrected chi connectivity index (χ0v) is 8.99. The molecule has 1 aliphatic rings. The minimum Gasteiger partial charge on any atom is -0.387 e. The van der Waals surface area contributed by atoms with Crippen molar-refractivity contribution in [1.82, 2.24) is 0 Å². The van der Waals surface area contributed by atoms with Gasteiger partial charge in [0.25, 0.3) is 0 Å². The molecule has 0 bridgehead atoms. The molecule has 2 atom stereocenters. The molecule has 0 radical (unpaired) electrons. The van der Waals surface area contributed by atoms with Crippen molar-refractivity contribution in [3.05, 3.63) is 35.4 Å². The Morgan fingerprint density at radius 3 is 2.82 bits per heavy atom. The Balaban J connectivity index is 2.40. The number of benzene rings is 1. The summed E-state index contributed by atoms with van der Waals surface area (Å²) in [7, 11) is 0. The third-order valence-corrected chi connectivity index (χ3v) is 3.07. The number of ether oxygens (including phenoxy) is 1. The van der Waals surface area contributed by atoms with Gasteiger partial charge in [-0.25, -0.2) is 8.78 Å². The average Bonchev–Trinajstić information content (AvgIpc) is 2.82. The van der Waals surface area contributed by atoms with Crippen LogP contribution < -0.4 is 0 Å². The average molecular weight is 239 g/mol. The lowest BCUT2D eigenvalue weighted by Gasteiger charge is -2.25. The first-order valence-corrected chi connectivity index (χ1v) is 5.22. The maximum absolute atomic E-state index is 13.5. The Kier molecular flexibility index (Phi) is 3.09. The molecule has 1 heterocycles. The fourth-order valence-corrected chi connectivity index (χ4v) is 1.98. The summed E-state index contributed by atoms with van der Waals surface area (Å²) in [5.41, 5.74) is -1.38. The first-order valence-electron chi connectivity index (χ1n) is 5.22. The number of nitrogens with zero attached hydrogens (tertiary/aromatic N) is 1. The van der Waals surface area contributed by atoms with Crippen molar-refractivity contribution in [2.75, 3.05) is 13.2 Å². The number of aliphatic hydroxyl groups excluding tert-OH is 1. The van der Waals surface area contributed by atoms with Gasteiger partial charge in [-0.15, -0.1) is 0 Å². The number of aliphatic hydroxyl groups is 1. The van der Waals surface area contributed by atoms with Crippen molar-refractivity contribution in [2.24, 2.45) is 5.41 Å². The van der Waals surface area contributed by atoms with Crippen LogP contribution in [0.4, 0.5) is 8.78 Å². The number of hydrogen-bond donors (Lipinski definition) is 1. The second kappa shape index (κ2) is 4.40. The predicted molar refractivity (Wildman–Crippen MR) is 54.8 cm³/mol. The van der Waals surface area contributed by atoms with Gasteiger partial charge in [-0.1, -0.05) is 12.1 Å². The predicted octanol–water partition coefficient (Wildman–Crippen LogP) is 1.93. The number of halogens is 2. The molecule has 0 aliphatic carbocycles. The van der Waals surface area contributed by atoms with Crippen LogP contribution >= 0.6 is 0 Å². The highest BCUT2D eigenvalue weighted by Crippen LogP contribution is 2.41. The lowest BCUT2D eigenvalue weighted by atomic mass is 9.79. The monoisotopic (exact) mass is 239 g/mol. The van der Waals surface area contributed by atoms with Gasteiger partial charge in [0.2, 0.25) is 0 Å². The van der Waals surface area contributed by atoms with E-state index in [0.29, 0.717) is 13.0 Å². The van der Waals surface area contributed by atoms with E-state index in [4.69, 9.17) is 10.00 Å². The Morgan fingerprint density at radius 2 is 2.24 bits per heavy atom. The minimum atomic E-state index is -1.38. The largest absolute Gasteiger partial charge is 0.387 e. The van der Waals surface area contributed by atoms with Crippen LogP contribution in [0.1, 0.15) is 18.1 Å². The molecule has 1 aliphatic heterocycles. The third-order valence-electron chi connectivity index (χ3n) is 3.07. The maximum Gasteiger partial charge on any atom is 0.164 e. The van der Waals surface area contributed by atoms with E-state index < -0.39 is 23.2 Å². The zero-order valence-electron chi connectivity index (χ0n) is 8.99. The fraction of sp³-hybridized carbons (Fsp3) is 0.417. The standard InChI is InChI=1S/C12H11F2NO2/c13-9-3-1-2-8(10(9)14)11(16)12(6-15)4-5-17-7-12/h1-3,11,16H,4-5,7H2. The second-order valence-electron chi connectivity index (χ2n) is 4.12. The van der Waals surface area contributed by atoms with Crippen molar-refractivity contribution < 1.29 is 18.6 Å². The van der Waals surface area contributed by atoms with Crippen LogP contribution in [-0.2, 0) is 4.74 Å². The molecule has 1 fully saturated rings. The van der Waals surface area contributed by atoms with Crippen LogP contribution in [0.3, 0.4) is 0 Å². The molecule has 1 saturated heterocycles. The van der Waals surface area contributed by atoms with E-state index in [-0.39, 0.29) is 12.2 Å². The molecule has 3 nitrogen and oxygen atoms in total. The van der Waals surface area contributed by atoms with Gasteiger partial charge >= 0.3 is 0 Å². The Morgan fingerprint density at radius 1 is 1.47 bits per heavy atom. The maximum atomic E-state index is 13.5. The SMILES string of the molecule is N#CC1(C(O)c2cccc(F)c2F)CCOC1. The van der Waals surface area contributed by atoms with E-state index in [0.717, 1.165) is 6.07 Å². The number of nitriles is 1. The summed E-state index contributed by atoms with van der Waals surface area (Å²) in [6, 6.07) is 5.51. The van der Waals surface area contributed by atoms with Crippen LogP contribution in [0.15, 0.2) is 18.2 Å². The van der Waals surface area contributed by atoms with Gasteiger partial charge in [0.05, 0.1) is 12.7 Å². The van der Waals surface area contributed by atoms with Gasteiger partial charge < -0.3 is 9.84 Å². The summed E-state index contributed by atoms with van der Waals surface area (Å²) in [5.74, 6) is -2.14. The Labute approximate surface area is 97.2 Å². The van der Waals surface area contributed by atoms with Crippen LogP contribution in [-0.4, -0.2) is 18.3 Å². The zero-order chi connectivity index (χ0) is 12.5. The van der Waals surface area contributed by atoms with Crippen LogP contribution in [0.25, 0.3) is 0 Å². The lowest BCUT2D eigenvalue weighted by Crippen LogP contribution is -2.28. The van der Waals surface area contributed by atoms with Gasteiger partial charge in [0.1, 0.15) is 11.5 Å². The molecule has 1 aromatic carbocycles. The van der Waals surface area contributed by atoms with Crippen LogP contribution in [0.5, 0.6) is 0 Å². The molecular weight excluding hydrogens is 228 g/mol. The molecule has 5 heteroatoms. The molecule has 2 rings (SSSR count). The lowest BCUT2D eigenvalue weighted by molar-refractivity contribution is 0.0473. The van der Waals surface area contributed by atoms with E-state index >= 15 is 0 Å². The third kappa shape index (κ3) is 1.90. The summed E-state index contributed by atoms with van der Waals surface area (Å²) in [6.07, 6.45) is -1.08. The molecule has 0 amide bonds. The van der Waals surface area contributed by atoms with E-state index in [1.165, 1.54) is 12.1 Å². The molecule has 0 spiro atoms. The Hall–Kier alpha value is -1.51. The molecule has 0 saturated carbocycles. The van der Waals surface area contributed by atoms with Crippen molar-refractivity contribution in [2.45, 2.75) is 12.5 Å².